The van der Waals surface area contributed by atoms with Gasteiger partial charge in [0.15, 0.2) is 0 Å². The molecule has 32 heavy (non-hydrogen) atoms. The van der Waals surface area contributed by atoms with E-state index in [1.807, 2.05) is 13.8 Å². The normalized spacial score (nSPS) is 23.1. The van der Waals surface area contributed by atoms with E-state index in [0.717, 1.165) is 57.8 Å². The summed E-state index contributed by atoms with van der Waals surface area (Å²) in [5.74, 6) is 0.384. The lowest BCUT2D eigenvalue weighted by molar-refractivity contribution is -0.147. The number of aliphatic hydroxyl groups excluding tert-OH is 2. The average Bonchev–Trinajstić information content (AvgIpc) is 3.00. The van der Waals surface area contributed by atoms with Crippen molar-refractivity contribution >= 4 is 11.8 Å². The highest BCUT2D eigenvalue weighted by atomic mass is 16.5. The van der Waals surface area contributed by atoms with Crippen LogP contribution in [0.3, 0.4) is 0 Å². The summed E-state index contributed by atoms with van der Waals surface area (Å²) in [4.78, 5) is 23.8. The van der Waals surface area contributed by atoms with E-state index >= 15 is 0 Å². The van der Waals surface area contributed by atoms with Crippen molar-refractivity contribution in [2.24, 2.45) is 11.8 Å². The van der Waals surface area contributed by atoms with Gasteiger partial charge in [-0.3, -0.25) is 9.59 Å². The highest BCUT2D eigenvalue weighted by Gasteiger charge is 2.40. The monoisotopic (exact) mass is 454 g/mol. The van der Waals surface area contributed by atoms with Crippen molar-refractivity contribution in [3.8, 4) is 0 Å². The molecule has 0 bridgehead atoms. The van der Waals surface area contributed by atoms with Gasteiger partial charge < -0.3 is 14.9 Å². The van der Waals surface area contributed by atoms with E-state index in [1.54, 1.807) is 0 Å². The molecule has 1 aliphatic rings. The third-order valence-corrected chi connectivity index (χ3v) is 6.87. The van der Waals surface area contributed by atoms with Gasteiger partial charge >= 0.3 is 5.97 Å². The Kier molecular flexibility index (Phi) is 15.9. The summed E-state index contributed by atoms with van der Waals surface area (Å²) in [5, 5.41) is 20.8. The van der Waals surface area contributed by atoms with E-state index in [9.17, 15) is 19.8 Å². The second-order valence-electron chi connectivity index (χ2n) is 10.1. The Hall–Kier alpha value is -0.940. The molecule has 5 heteroatoms. The lowest BCUT2D eigenvalue weighted by Gasteiger charge is -2.23. The zero-order valence-electron chi connectivity index (χ0n) is 21.0. The minimum atomic E-state index is -0.474. The number of hydrogen-bond acceptors (Lipinski definition) is 5. The van der Waals surface area contributed by atoms with E-state index in [2.05, 4.69) is 6.92 Å². The maximum atomic E-state index is 12.2. The number of Topliss-reactive ketones (excluding diaryl/α,β-unsaturated/α-hetero) is 1. The van der Waals surface area contributed by atoms with Crippen molar-refractivity contribution < 1.29 is 24.5 Å². The van der Waals surface area contributed by atoms with Crippen molar-refractivity contribution in [3.63, 3.8) is 0 Å². The van der Waals surface area contributed by atoms with Crippen molar-refractivity contribution in [2.45, 2.75) is 148 Å². The fourth-order valence-corrected chi connectivity index (χ4v) is 5.04. The molecule has 3 unspecified atom stereocenters. The summed E-state index contributed by atoms with van der Waals surface area (Å²) in [6.07, 6.45) is 15.0. The third kappa shape index (κ3) is 12.9. The maximum Gasteiger partial charge on any atom is 0.306 e. The van der Waals surface area contributed by atoms with Crippen LogP contribution < -0.4 is 0 Å². The van der Waals surface area contributed by atoms with Gasteiger partial charge in [-0.25, -0.2) is 0 Å². The molecule has 0 aliphatic heterocycles. The van der Waals surface area contributed by atoms with Gasteiger partial charge in [-0.1, -0.05) is 64.7 Å². The zero-order valence-corrected chi connectivity index (χ0v) is 21.0. The number of carbonyl (C=O) groups is 2. The average molecular weight is 455 g/mol. The molecule has 0 saturated heterocycles. The first kappa shape index (κ1) is 29.1. The lowest BCUT2D eigenvalue weighted by Crippen LogP contribution is -2.23. The number of aliphatic hydroxyl groups is 2. The van der Waals surface area contributed by atoms with Crippen LogP contribution in [0, 0.1) is 11.8 Å². The summed E-state index contributed by atoms with van der Waals surface area (Å²) in [7, 11) is 0. The molecule has 1 aliphatic carbocycles. The fourth-order valence-electron chi connectivity index (χ4n) is 5.04. The van der Waals surface area contributed by atoms with Crippen LogP contribution in [-0.2, 0) is 14.3 Å². The molecule has 1 rings (SSSR count). The Morgan fingerprint density at radius 3 is 1.91 bits per heavy atom. The minimum absolute atomic E-state index is 0.0375. The fraction of sp³-hybridized carbons (Fsp3) is 0.926. The molecule has 0 heterocycles. The predicted molar refractivity (Wildman–Crippen MR) is 129 cm³/mol. The molecule has 0 spiro atoms. The second kappa shape index (κ2) is 17.5. The molecule has 0 aromatic rings. The van der Waals surface area contributed by atoms with Gasteiger partial charge in [-0.05, 0) is 57.8 Å². The van der Waals surface area contributed by atoms with Crippen LogP contribution in [0.2, 0.25) is 0 Å². The summed E-state index contributed by atoms with van der Waals surface area (Å²) in [5.41, 5.74) is 0. The first-order valence-electron chi connectivity index (χ1n) is 13.4. The molecular weight excluding hydrogens is 404 g/mol. The van der Waals surface area contributed by atoms with E-state index in [-0.39, 0.29) is 23.9 Å². The van der Waals surface area contributed by atoms with Crippen molar-refractivity contribution in [1.29, 1.82) is 0 Å². The van der Waals surface area contributed by atoms with Crippen molar-refractivity contribution in [2.75, 3.05) is 0 Å². The molecule has 4 atom stereocenters. The number of esters is 1. The molecular formula is C27H50O5. The Balaban J connectivity index is 2.17. The van der Waals surface area contributed by atoms with Gasteiger partial charge in [-0.15, -0.1) is 0 Å². The minimum Gasteiger partial charge on any atom is -0.463 e. The quantitative estimate of drug-likeness (QED) is 0.181. The van der Waals surface area contributed by atoms with Gasteiger partial charge in [0, 0.05) is 19.3 Å². The SMILES string of the molecule is CCCCCCCC(=O)CC[C@H]1C(O)CC(O)C1CCCCCCCCC(=O)OC(C)C. The molecule has 188 valence electrons. The second-order valence-corrected chi connectivity index (χ2v) is 10.1. The maximum absolute atomic E-state index is 12.2. The Bertz CT molecular complexity index is 504. The predicted octanol–water partition coefficient (Wildman–Crippen LogP) is 6.13. The molecule has 2 N–H and O–H groups in total. The van der Waals surface area contributed by atoms with Crippen LogP contribution in [0.25, 0.3) is 0 Å². The molecule has 1 saturated carbocycles. The van der Waals surface area contributed by atoms with Crippen LogP contribution in [0.1, 0.15) is 130 Å². The molecule has 0 aromatic heterocycles. The largest absolute Gasteiger partial charge is 0.463 e. The highest BCUT2D eigenvalue weighted by Crippen LogP contribution is 2.39. The molecule has 1 fully saturated rings. The highest BCUT2D eigenvalue weighted by molar-refractivity contribution is 5.78. The number of carbonyl (C=O) groups excluding carboxylic acids is 2. The Morgan fingerprint density at radius 2 is 1.28 bits per heavy atom. The van der Waals surface area contributed by atoms with Crippen molar-refractivity contribution in [3.05, 3.63) is 0 Å². The van der Waals surface area contributed by atoms with Crippen molar-refractivity contribution in [1.82, 2.24) is 0 Å². The van der Waals surface area contributed by atoms with Gasteiger partial charge in [-0.2, -0.15) is 0 Å². The van der Waals surface area contributed by atoms with Crippen LogP contribution in [0.15, 0.2) is 0 Å². The topological polar surface area (TPSA) is 83.8 Å². The van der Waals surface area contributed by atoms with Gasteiger partial charge in [0.25, 0.3) is 0 Å². The van der Waals surface area contributed by atoms with E-state index < -0.39 is 12.2 Å². The summed E-state index contributed by atoms with van der Waals surface area (Å²) in [6, 6.07) is 0. The van der Waals surface area contributed by atoms with Gasteiger partial charge in [0.2, 0.25) is 0 Å². The first-order valence-corrected chi connectivity index (χ1v) is 13.4. The van der Waals surface area contributed by atoms with Gasteiger partial charge in [0.1, 0.15) is 5.78 Å². The Labute approximate surface area is 196 Å². The van der Waals surface area contributed by atoms with Crippen LogP contribution in [0.5, 0.6) is 0 Å². The van der Waals surface area contributed by atoms with Crippen LogP contribution in [-0.4, -0.2) is 40.3 Å². The number of hydrogen-bond donors (Lipinski definition) is 2. The summed E-state index contributed by atoms with van der Waals surface area (Å²) < 4.78 is 5.14. The number of unbranched alkanes of at least 4 members (excludes halogenated alkanes) is 9. The van der Waals surface area contributed by atoms with E-state index in [0.29, 0.717) is 37.9 Å². The summed E-state index contributed by atoms with van der Waals surface area (Å²) in [6.45, 7) is 5.93. The number of rotatable bonds is 19. The van der Waals surface area contributed by atoms with Gasteiger partial charge in [0.05, 0.1) is 18.3 Å². The molecule has 5 nitrogen and oxygen atoms in total. The van der Waals surface area contributed by atoms with E-state index in [4.69, 9.17) is 4.74 Å². The first-order chi connectivity index (χ1) is 15.3. The third-order valence-electron chi connectivity index (χ3n) is 6.87. The van der Waals surface area contributed by atoms with E-state index in [1.165, 1.54) is 19.3 Å². The molecule has 0 radical (unpaired) electrons. The standard InChI is InChI=1S/C27H50O5/c1-4-5-6-9-12-15-22(28)18-19-24-23(25(29)20-26(24)30)16-13-10-7-8-11-14-17-27(31)32-21(2)3/h21,23-26,29-30H,4-20H2,1-3H3/t23?,24-,25?,26?/m1/s1. The van der Waals surface area contributed by atoms with Crippen LogP contribution >= 0.6 is 0 Å². The summed E-state index contributed by atoms with van der Waals surface area (Å²) >= 11 is 0. The molecule has 0 aromatic carbocycles. The van der Waals surface area contributed by atoms with Crippen LogP contribution in [0.4, 0.5) is 0 Å². The zero-order chi connectivity index (χ0) is 23.8. The lowest BCUT2D eigenvalue weighted by atomic mass is 9.84. The molecule has 0 amide bonds. The number of ketones is 1. The Morgan fingerprint density at radius 1 is 0.750 bits per heavy atom. The number of ether oxygens (including phenoxy) is 1. The smallest absolute Gasteiger partial charge is 0.306 e.